The largest absolute Gasteiger partial charge is 0.454 e. The van der Waals surface area contributed by atoms with Gasteiger partial charge in [-0.15, -0.1) is 0 Å². The van der Waals surface area contributed by atoms with Crippen LogP contribution in [0.2, 0.25) is 0 Å². The second-order valence-corrected chi connectivity index (χ2v) is 4.71. The highest BCUT2D eigenvalue weighted by Crippen LogP contribution is 2.32. The lowest BCUT2D eigenvalue weighted by molar-refractivity contribution is 0.174. The van der Waals surface area contributed by atoms with Crippen LogP contribution in [0.5, 0.6) is 11.5 Å². The lowest BCUT2D eigenvalue weighted by Gasteiger charge is -2.07. The lowest BCUT2D eigenvalue weighted by atomic mass is 10.1. The van der Waals surface area contributed by atoms with E-state index in [2.05, 4.69) is 5.32 Å². The molecule has 0 unspecified atom stereocenters. The van der Waals surface area contributed by atoms with Gasteiger partial charge >= 0.3 is 0 Å². The number of fused-ring (bicyclic) bond motifs is 1. The van der Waals surface area contributed by atoms with E-state index in [1.165, 1.54) is 12.1 Å². The number of nitrogens with one attached hydrogen (secondary N) is 1. The van der Waals surface area contributed by atoms with Crippen LogP contribution in [0.1, 0.15) is 16.7 Å². The molecule has 5 heteroatoms. The van der Waals surface area contributed by atoms with E-state index in [-0.39, 0.29) is 12.6 Å². The average Bonchev–Trinajstić information content (AvgIpc) is 2.97. The summed E-state index contributed by atoms with van der Waals surface area (Å²) in [5.41, 5.74) is 1.96. The predicted molar refractivity (Wildman–Crippen MR) is 74.2 cm³/mol. The first-order valence-corrected chi connectivity index (χ1v) is 6.54. The molecule has 21 heavy (non-hydrogen) atoms. The molecule has 0 fully saturated rings. The fourth-order valence-electron chi connectivity index (χ4n) is 2.17. The number of nitrogens with zero attached hydrogens (tertiary/aromatic N) is 1. The minimum Gasteiger partial charge on any atom is -0.454 e. The lowest BCUT2D eigenvalue weighted by Crippen LogP contribution is -2.13. The first-order chi connectivity index (χ1) is 10.3. The van der Waals surface area contributed by atoms with Gasteiger partial charge in [0, 0.05) is 18.7 Å². The summed E-state index contributed by atoms with van der Waals surface area (Å²) in [5, 5.41) is 12.0. The number of rotatable bonds is 4. The summed E-state index contributed by atoms with van der Waals surface area (Å²) in [4.78, 5) is 0. The molecule has 4 nitrogen and oxygen atoms in total. The van der Waals surface area contributed by atoms with Crippen molar-refractivity contribution < 1.29 is 13.9 Å². The standard InChI is InChI=1S/C16H13FN2O2/c17-14-3-1-11(7-18)5-13(14)9-19-8-12-2-4-15-16(6-12)21-10-20-15/h1-6,19H,8-10H2. The molecule has 0 aliphatic carbocycles. The molecule has 3 rings (SSSR count). The van der Waals surface area contributed by atoms with E-state index < -0.39 is 0 Å². The van der Waals surface area contributed by atoms with Crippen LogP contribution in [0.3, 0.4) is 0 Å². The van der Waals surface area contributed by atoms with E-state index in [0.717, 1.165) is 17.1 Å². The molecule has 2 aromatic carbocycles. The molecule has 0 spiro atoms. The average molecular weight is 284 g/mol. The Labute approximate surface area is 121 Å². The maximum Gasteiger partial charge on any atom is 0.231 e. The number of halogens is 1. The van der Waals surface area contributed by atoms with Crippen LogP contribution >= 0.6 is 0 Å². The second-order valence-electron chi connectivity index (χ2n) is 4.71. The van der Waals surface area contributed by atoms with E-state index >= 15 is 0 Å². The summed E-state index contributed by atoms with van der Waals surface area (Å²) < 4.78 is 24.2. The smallest absolute Gasteiger partial charge is 0.231 e. The van der Waals surface area contributed by atoms with Gasteiger partial charge in [-0.25, -0.2) is 4.39 Å². The van der Waals surface area contributed by atoms with Crippen molar-refractivity contribution >= 4 is 0 Å². The van der Waals surface area contributed by atoms with Crippen LogP contribution < -0.4 is 14.8 Å². The van der Waals surface area contributed by atoms with Crippen LogP contribution in [-0.4, -0.2) is 6.79 Å². The van der Waals surface area contributed by atoms with Crippen LogP contribution in [0.15, 0.2) is 36.4 Å². The van der Waals surface area contributed by atoms with Gasteiger partial charge in [0.05, 0.1) is 11.6 Å². The molecule has 1 aliphatic heterocycles. The van der Waals surface area contributed by atoms with E-state index in [1.807, 2.05) is 24.3 Å². The van der Waals surface area contributed by atoms with Gasteiger partial charge in [-0.1, -0.05) is 6.07 Å². The summed E-state index contributed by atoms with van der Waals surface area (Å²) >= 11 is 0. The number of ether oxygens (including phenoxy) is 2. The molecule has 1 aliphatic rings. The third-order valence-corrected chi connectivity index (χ3v) is 3.26. The zero-order valence-corrected chi connectivity index (χ0v) is 11.2. The Hall–Kier alpha value is -2.58. The van der Waals surface area contributed by atoms with Crippen LogP contribution in [0.4, 0.5) is 4.39 Å². The predicted octanol–water partition coefficient (Wildman–Crippen LogP) is 2.72. The zero-order chi connectivity index (χ0) is 14.7. The SMILES string of the molecule is N#Cc1ccc(F)c(CNCc2ccc3c(c2)OCO3)c1. The van der Waals surface area contributed by atoms with Crippen molar-refractivity contribution in [1.82, 2.24) is 5.32 Å². The van der Waals surface area contributed by atoms with Crippen molar-refractivity contribution in [2.45, 2.75) is 13.1 Å². The Morgan fingerprint density at radius 2 is 1.95 bits per heavy atom. The maximum absolute atomic E-state index is 13.6. The minimum atomic E-state index is -0.313. The molecule has 2 aromatic rings. The first kappa shape index (κ1) is 13.4. The molecule has 0 aromatic heterocycles. The molecule has 0 atom stereocenters. The molecule has 0 saturated heterocycles. The van der Waals surface area contributed by atoms with E-state index in [1.54, 1.807) is 6.07 Å². The second kappa shape index (κ2) is 5.81. The van der Waals surface area contributed by atoms with E-state index in [9.17, 15) is 4.39 Å². The van der Waals surface area contributed by atoms with Crippen molar-refractivity contribution in [1.29, 1.82) is 5.26 Å². The van der Waals surface area contributed by atoms with Gasteiger partial charge in [0.25, 0.3) is 0 Å². The van der Waals surface area contributed by atoms with E-state index in [4.69, 9.17) is 14.7 Å². The highest BCUT2D eigenvalue weighted by Gasteiger charge is 2.13. The van der Waals surface area contributed by atoms with Crippen molar-refractivity contribution in [2.75, 3.05) is 6.79 Å². The highest BCUT2D eigenvalue weighted by atomic mass is 19.1. The van der Waals surface area contributed by atoms with Crippen molar-refractivity contribution in [2.24, 2.45) is 0 Å². The molecular weight excluding hydrogens is 271 g/mol. The Kier molecular flexibility index (Phi) is 3.71. The van der Waals surface area contributed by atoms with Crippen LogP contribution in [-0.2, 0) is 13.1 Å². The van der Waals surface area contributed by atoms with Crippen molar-refractivity contribution in [3.8, 4) is 17.6 Å². The van der Waals surface area contributed by atoms with E-state index in [0.29, 0.717) is 24.2 Å². The summed E-state index contributed by atoms with van der Waals surface area (Å²) in [6, 6.07) is 12.0. The molecule has 106 valence electrons. The Morgan fingerprint density at radius 3 is 2.81 bits per heavy atom. The summed E-state index contributed by atoms with van der Waals surface area (Å²) in [6.07, 6.45) is 0. The first-order valence-electron chi connectivity index (χ1n) is 6.54. The quantitative estimate of drug-likeness (QED) is 0.938. The molecule has 0 radical (unpaired) electrons. The number of nitriles is 1. The van der Waals surface area contributed by atoms with Crippen LogP contribution in [0, 0.1) is 17.1 Å². The third-order valence-electron chi connectivity index (χ3n) is 3.26. The van der Waals surface area contributed by atoms with Gasteiger partial charge < -0.3 is 14.8 Å². The van der Waals surface area contributed by atoms with Gasteiger partial charge in [0.15, 0.2) is 11.5 Å². The number of hydrogen-bond acceptors (Lipinski definition) is 4. The normalized spacial score (nSPS) is 12.2. The highest BCUT2D eigenvalue weighted by molar-refractivity contribution is 5.44. The van der Waals surface area contributed by atoms with Crippen molar-refractivity contribution in [3.05, 3.63) is 58.9 Å². The van der Waals surface area contributed by atoms with Gasteiger partial charge in [0.2, 0.25) is 6.79 Å². The fourth-order valence-corrected chi connectivity index (χ4v) is 2.17. The monoisotopic (exact) mass is 284 g/mol. The van der Waals surface area contributed by atoms with Gasteiger partial charge in [-0.2, -0.15) is 5.26 Å². The Morgan fingerprint density at radius 1 is 1.10 bits per heavy atom. The Bertz CT molecular complexity index is 710. The molecule has 1 heterocycles. The van der Waals surface area contributed by atoms with Crippen molar-refractivity contribution in [3.63, 3.8) is 0 Å². The molecule has 1 N–H and O–H groups in total. The number of benzene rings is 2. The third kappa shape index (κ3) is 2.96. The van der Waals surface area contributed by atoms with Gasteiger partial charge in [-0.05, 0) is 35.9 Å². The topological polar surface area (TPSA) is 54.3 Å². The zero-order valence-electron chi connectivity index (χ0n) is 11.2. The summed E-state index contributed by atoms with van der Waals surface area (Å²) in [5.74, 6) is 1.16. The molecular formula is C16H13FN2O2. The summed E-state index contributed by atoms with van der Waals surface area (Å²) in [6.45, 7) is 1.18. The van der Waals surface area contributed by atoms with Gasteiger partial charge in [0.1, 0.15) is 5.82 Å². The fraction of sp³-hybridized carbons (Fsp3) is 0.188. The maximum atomic E-state index is 13.6. The van der Waals surface area contributed by atoms with Crippen LogP contribution in [0.25, 0.3) is 0 Å². The summed E-state index contributed by atoms with van der Waals surface area (Å²) in [7, 11) is 0. The Balaban J connectivity index is 1.63. The molecule has 0 amide bonds. The molecule has 0 bridgehead atoms. The minimum absolute atomic E-state index is 0.248. The van der Waals surface area contributed by atoms with Gasteiger partial charge in [-0.3, -0.25) is 0 Å². The molecule has 0 saturated carbocycles. The number of hydrogen-bond donors (Lipinski definition) is 1.